The Balaban J connectivity index is 1.15. The highest BCUT2D eigenvalue weighted by atomic mass is 16.3. The molecular formula is C26H26N4O3. The topological polar surface area (TPSA) is 94.6 Å². The number of rotatable bonds is 5. The van der Waals surface area contributed by atoms with Crippen LogP contribution in [0.4, 0.5) is 0 Å². The van der Waals surface area contributed by atoms with E-state index in [4.69, 9.17) is 0 Å². The Hall–Kier alpha value is -3.55. The first kappa shape index (κ1) is 21.3. The molecule has 168 valence electrons. The van der Waals surface area contributed by atoms with Crippen molar-refractivity contribution >= 4 is 11.8 Å². The third-order valence-corrected chi connectivity index (χ3v) is 6.42. The minimum Gasteiger partial charge on any atom is -0.390 e. The molecule has 2 atom stereocenters. The van der Waals surface area contributed by atoms with Gasteiger partial charge in [0.1, 0.15) is 0 Å². The number of benzene rings is 2. The van der Waals surface area contributed by atoms with Crippen LogP contribution in [0.25, 0.3) is 0 Å². The second-order valence-corrected chi connectivity index (χ2v) is 8.59. The number of aliphatic hydroxyl groups is 1. The first-order valence-electron chi connectivity index (χ1n) is 11.2. The van der Waals surface area contributed by atoms with Crippen LogP contribution in [0.2, 0.25) is 0 Å². The van der Waals surface area contributed by atoms with Gasteiger partial charge >= 0.3 is 0 Å². The monoisotopic (exact) mass is 442 g/mol. The zero-order valence-corrected chi connectivity index (χ0v) is 18.2. The van der Waals surface area contributed by atoms with E-state index in [9.17, 15) is 14.7 Å². The van der Waals surface area contributed by atoms with E-state index in [0.717, 1.165) is 17.7 Å². The van der Waals surface area contributed by atoms with Gasteiger partial charge in [0, 0.05) is 43.0 Å². The highest BCUT2D eigenvalue weighted by Gasteiger charge is 2.26. The quantitative estimate of drug-likeness (QED) is 0.562. The molecule has 7 heteroatoms. The summed E-state index contributed by atoms with van der Waals surface area (Å²) in [4.78, 5) is 31.5. The molecule has 3 N–H and O–H groups in total. The molecule has 1 aromatic heterocycles. The van der Waals surface area contributed by atoms with Crippen molar-refractivity contribution < 1.29 is 14.7 Å². The Morgan fingerprint density at radius 1 is 1.00 bits per heavy atom. The lowest BCUT2D eigenvalue weighted by Crippen LogP contribution is -2.49. The molecular weight excluding hydrogens is 416 g/mol. The van der Waals surface area contributed by atoms with Crippen molar-refractivity contribution in [2.45, 2.75) is 38.2 Å². The van der Waals surface area contributed by atoms with Crippen LogP contribution in [0.1, 0.15) is 43.1 Å². The number of pyridine rings is 1. The second kappa shape index (κ2) is 9.13. The van der Waals surface area contributed by atoms with Gasteiger partial charge in [0.25, 0.3) is 11.8 Å². The fraction of sp³-hybridized carbons (Fsp3) is 0.269. The van der Waals surface area contributed by atoms with Crippen LogP contribution >= 0.6 is 0 Å². The molecule has 5 rings (SSSR count). The number of hydrogen-bond acceptors (Lipinski definition) is 5. The minimum atomic E-state index is -0.700. The average molecular weight is 443 g/mol. The summed E-state index contributed by atoms with van der Waals surface area (Å²) < 4.78 is 0. The Morgan fingerprint density at radius 2 is 1.73 bits per heavy atom. The molecule has 0 saturated heterocycles. The van der Waals surface area contributed by atoms with Gasteiger partial charge in [-0.25, -0.2) is 0 Å². The number of nitrogens with zero attached hydrogens (tertiary/aromatic N) is 2. The normalized spacial score (nSPS) is 17.7. The molecule has 2 amide bonds. The summed E-state index contributed by atoms with van der Waals surface area (Å²) in [5.74, 6) is -0.360. The largest absolute Gasteiger partial charge is 0.390 e. The van der Waals surface area contributed by atoms with Crippen LogP contribution in [0.15, 0.2) is 66.9 Å². The highest BCUT2D eigenvalue weighted by Crippen LogP contribution is 2.22. The minimum absolute atomic E-state index is 0.0842. The van der Waals surface area contributed by atoms with Gasteiger partial charge in [-0.15, -0.1) is 0 Å². The van der Waals surface area contributed by atoms with Gasteiger partial charge in [0.15, 0.2) is 0 Å². The summed E-state index contributed by atoms with van der Waals surface area (Å²) in [7, 11) is 0. The predicted molar refractivity (Wildman–Crippen MR) is 123 cm³/mol. The molecule has 1 unspecified atom stereocenters. The van der Waals surface area contributed by atoms with E-state index in [1.807, 2.05) is 24.3 Å². The summed E-state index contributed by atoms with van der Waals surface area (Å²) >= 11 is 0. The van der Waals surface area contributed by atoms with E-state index in [-0.39, 0.29) is 24.4 Å². The van der Waals surface area contributed by atoms with Crippen molar-refractivity contribution in [3.05, 3.63) is 100 Å². The standard InChI is InChI=1S/C26H26N4O3/c31-24(22-12-19-4-1-2-5-20(19)13-28-22)14-29-25(32)17-7-9-18(10-8-17)26(33)30-15-21-6-3-11-27-23(21)16-30/h1-11,22,24,28,31H,12-16H2,(H,29,32)/t22-,24?/m0/s1. The summed E-state index contributed by atoms with van der Waals surface area (Å²) in [5.41, 5.74) is 5.45. The second-order valence-electron chi connectivity index (χ2n) is 8.59. The van der Waals surface area contributed by atoms with Crippen molar-refractivity contribution in [1.82, 2.24) is 20.5 Å². The number of amides is 2. The van der Waals surface area contributed by atoms with Gasteiger partial charge in [-0.1, -0.05) is 30.3 Å². The zero-order valence-electron chi connectivity index (χ0n) is 18.2. The fourth-order valence-electron chi connectivity index (χ4n) is 4.48. The van der Waals surface area contributed by atoms with E-state index in [0.29, 0.717) is 30.8 Å². The van der Waals surface area contributed by atoms with Crippen molar-refractivity contribution in [1.29, 1.82) is 0 Å². The number of aromatic nitrogens is 1. The molecule has 0 bridgehead atoms. The van der Waals surface area contributed by atoms with Crippen LogP contribution in [-0.4, -0.2) is 45.5 Å². The van der Waals surface area contributed by atoms with E-state index >= 15 is 0 Å². The molecule has 2 aliphatic heterocycles. The molecule has 33 heavy (non-hydrogen) atoms. The van der Waals surface area contributed by atoms with E-state index < -0.39 is 6.10 Å². The fourth-order valence-corrected chi connectivity index (χ4v) is 4.48. The Labute approximate surface area is 192 Å². The molecule has 2 aliphatic rings. The molecule has 0 spiro atoms. The summed E-state index contributed by atoms with van der Waals surface area (Å²) in [6.45, 7) is 1.90. The molecule has 3 aromatic rings. The van der Waals surface area contributed by atoms with Crippen molar-refractivity contribution in [3.8, 4) is 0 Å². The molecule has 0 saturated carbocycles. The molecule has 0 fully saturated rings. The van der Waals surface area contributed by atoms with Gasteiger partial charge < -0.3 is 20.6 Å². The molecule has 0 radical (unpaired) electrons. The van der Waals surface area contributed by atoms with Gasteiger partial charge in [0.05, 0.1) is 18.3 Å². The molecule has 0 aliphatic carbocycles. The number of carbonyl (C=O) groups excluding carboxylic acids is 2. The average Bonchev–Trinajstić information content (AvgIpc) is 3.31. The maximum atomic E-state index is 12.8. The number of carbonyl (C=O) groups is 2. The van der Waals surface area contributed by atoms with Crippen LogP contribution < -0.4 is 10.6 Å². The van der Waals surface area contributed by atoms with E-state index in [2.05, 4.69) is 27.8 Å². The van der Waals surface area contributed by atoms with E-state index in [1.54, 1.807) is 35.4 Å². The zero-order chi connectivity index (χ0) is 22.8. The maximum Gasteiger partial charge on any atom is 0.254 e. The van der Waals surface area contributed by atoms with Crippen molar-refractivity contribution in [3.63, 3.8) is 0 Å². The molecule has 7 nitrogen and oxygen atoms in total. The number of nitrogens with one attached hydrogen (secondary N) is 2. The number of fused-ring (bicyclic) bond motifs is 2. The lowest BCUT2D eigenvalue weighted by Gasteiger charge is -2.30. The Morgan fingerprint density at radius 3 is 2.52 bits per heavy atom. The van der Waals surface area contributed by atoms with Crippen LogP contribution in [0.5, 0.6) is 0 Å². The Kier molecular flexibility index (Phi) is 5.90. The summed E-state index contributed by atoms with van der Waals surface area (Å²) in [5, 5.41) is 16.7. The first-order chi connectivity index (χ1) is 16.1. The number of hydrogen-bond donors (Lipinski definition) is 3. The van der Waals surface area contributed by atoms with Gasteiger partial charge in [-0.2, -0.15) is 0 Å². The lowest BCUT2D eigenvalue weighted by atomic mass is 9.93. The van der Waals surface area contributed by atoms with Gasteiger partial charge in [0.2, 0.25) is 0 Å². The Bertz CT molecular complexity index is 1150. The highest BCUT2D eigenvalue weighted by molar-refractivity contribution is 5.98. The van der Waals surface area contributed by atoms with Crippen molar-refractivity contribution in [2.75, 3.05) is 6.54 Å². The van der Waals surface area contributed by atoms with Crippen LogP contribution in [0.3, 0.4) is 0 Å². The molecule has 2 aromatic carbocycles. The van der Waals surface area contributed by atoms with E-state index in [1.165, 1.54) is 11.1 Å². The third kappa shape index (κ3) is 4.51. The third-order valence-electron chi connectivity index (χ3n) is 6.42. The van der Waals surface area contributed by atoms with Gasteiger partial charge in [-0.3, -0.25) is 14.6 Å². The summed E-state index contributed by atoms with van der Waals surface area (Å²) in [6.07, 6.45) is 1.76. The SMILES string of the molecule is O=C(NCC(O)[C@@H]1Cc2ccccc2CN1)c1ccc(C(=O)N2Cc3cccnc3C2)cc1. The van der Waals surface area contributed by atoms with Crippen LogP contribution in [0, 0.1) is 0 Å². The summed E-state index contributed by atoms with van der Waals surface area (Å²) in [6, 6.07) is 18.6. The maximum absolute atomic E-state index is 12.8. The predicted octanol–water partition coefficient (Wildman–Crippen LogP) is 2.04. The lowest BCUT2D eigenvalue weighted by molar-refractivity contribution is 0.0749. The number of aliphatic hydroxyl groups excluding tert-OH is 1. The van der Waals surface area contributed by atoms with Crippen LogP contribution in [-0.2, 0) is 26.1 Å². The smallest absolute Gasteiger partial charge is 0.254 e. The van der Waals surface area contributed by atoms with Gasteiger partial charge in [-0.05, 0) is 53.4 Å². The molecule has 3 heterocycles. The van der Waals surface area contributed by atoms with Crippen molar-refractivity contribution in [2.24, 2.45) is 0 Å². The first-order valence-corrected chi connectivity index (χ1v) is 11.2.